The molecule has 0 N–H and O–H groups in total. The summed E-state index contributed by atoms with van der Waals surface area (Å²) in [6.45, 7) is 4.39. The largest absolute Gasteiger partial charge is 0.381 e. The third-order valence-electron chi connectivity index (χ3n) is 5.48. The lowest BCUT2D eigenvalue weighted by Crippen LogP contribution is -2.43. The van der Waals surface area contributed by atoms with Crippen molar-refractivity contribution in [2.24, 2.45) is 5.92 Å². The Hall–Kier alpha value is -2.81. The third-order valence-corrected chi connectivity index (χ3v) is 5.48. The van der Waals surface area contributed by atoms with E-state index in [-0.39, 0.29) is 17.7 Å². The molecular formula is C20H25N5O4. The molecule has 2 aromatic rings. The summed E-state index contributed by atoms with van der Waals surface area (Å²) < 4.78 is 10.8. The summed E-state index contributed by atoms with van der Waals surface area (Å²) in [5.41, 5.74) is 0.498. The molecule has 2 aliphatic heterocycles. The van der Waals surface area contributed by atoms with E-state index < -0.39 is 6.04 Å². The number of aromatic nitrogens is 3. The number of pyridine rings is 1. The summed E-state index contributed by atoms with van der Waals surface area (Å²) in [7, 11) is 0. The molecule has 2 aromatic heterocycles. The van der Waals surface area contributed by atoms with Crippen molar-refractivity contribution in [2.45, 2.75) is 32.2 Å². The normalized spacial score (nSPS) is 21.1. The van der Waals surface area contributed by atoms with E-state index in [9.17, 15) is 9.59 Å². The molecule has 0 radical (unpaired) electrons. The van der Waals surface area contributed by atoms with Gasteiger partial charge in [-0.25, -0.2) is 0 Å². The fourth-order valence-electron chi connectivity index (χ4n) is 3.95. The van der Waals surface area contributed by atoms with Gasteiger partial charge in [-0.05, 0) is 38.3 Å². The van der Waals surface area contributed by atoms with Crippen molar-refractivity contribution in [3.63, 3.8) is 0 Å². The lowest BCUT2D eigenvalue weighted by Gasteiger charge is -2.31. The number of hydrogen-bond acceptors (Lipinski definition) is 7. The van der Waals surface area contributed by atoms with E-state index in [1.165, 1.54) is 0 Å². The Morgan fingerprint density at radius 2 is 2.03 bits per heavy atom. The smallest absolute Gasteiger partial charge is 0.256 e. The standard InChI is InChI=1S/C20H25N5O4/c1-14-22-18(29-23-14)17-13-24(19(26)15-5-10-28-11-6-15)8-3-9-25(17)20(27)16-4-2-7-21-12-16/h2,4,7,12,15,17H,3,5-6,8-11,13H2,1H3. The third kappa shape index (κ3) is 4.29. The van der Waals surface area contributed by atoms with Gasteiger partial charge in [0.15, 0.2) is 5.82 Å². The molecular weight excluding hydrogens is 374 g/mol. The second kappa shape index (κ2) is 8.69. The Balaban J connectivity index is 1.60. The maximum Gasteiger partial charge on any atom is 0.256 e. The average Bonchev–Trinajstić information content (AvgIpc) is 3.07. The van der Waals surface area contributed by atoms with Gasteiger partial charge in [0.2, 0.25) is 5.91 Å². The quantitative estimate of drug-likeness (QED) is 0.773. The fourth-order valence-corrected chi connectivity index (χ4v) is 3.95. The second-order valence-electron chi connectivity index (χ2n) is 7.46. The number of carbonyl (C=O) groups is 2. The maximum atomic E-state index is 13.2. The van der Waals surface area contributed by atoms with Gasteiger partial charge in [0.05, 0.1) is 12.1 Å². The van der Waals surface area contributed by atoms with Gasteiger partial charge in [0.1, 0.15) is 6.04 Å². The SMILES string of the molecule is Cc1noc(C2CN(C(=O)C3CCOCC3)CCCN2C(=O)c2cccnc2)n1. The molecule has 0 aliphatic carbocycles. The molecule has 1 atom stereocenters. The summed E-state index contributed by atoms with van der Waals surface area (Å²) in [6, 6.07) is 2.98. The highest BCUT2D eigenvalue weighted by Crippen LogP contribution is 2.28. The molecule has 9 heteroatoms. The molecule has 9 nitrogen and oxygen atoms in total. The van der Waals surface area contributed by atoms with Gasteiger partial charge >= 0.3 is 0 Å². The number of rotatable bonds is 3. The van der Waals surface area contributed by atoms with Crippen LogP contribution in [0.15, 0.2) is 29.0 Å². The van der Waals surface area contributed by atoms with Crippen molar-refractivity contribution in [1.82, 2.24) is 24.9 Å². The van der Waals surface area contributed by atoms with E-state index >= 15 is 0 Å². The first-order valence-corrected chi connectivity index (χ1v) is 10.0. The highest BCUT2D eigenvalue weighted by atomic mass is 16.5. The van der Waals surface area contributed by atoms with Crippen molar-refractivity contribution in [1.29, 1.82) is 0 Å². The van der Waals surface area contributed by atoms with Crippen LogP contribution in [0.4, 0.5) is 0 Å². The van der Waals surface area contributed by atoms with Crippen LogP contribution in [0.25, 0.3) is 0 Å². The van der Waals surface area contributed by atoms with Crippen LogP contribution in [-0.2, 0) is 9.53 Å². The first-order valence-electron chi connectivity index (χ1n) is 10.0. The van der Waals surface area contributed by atoms with Gasteiger partial charge in [-0.3, -0.25) is 14.6 Å². The Kier molecular flexibility index (Phi) is 5.84. The zero-order valence-electron chi connectivity index (χ0n) is 16.5. The average molecular weight is 399 g/mol. The monoisotopic (exact) mass is 399 g/mol. The van der Waals surface area contributed by atoms with E-state index in [1.807, 2.05) is 4.90 Å². The van der Waals surface area contributed by atoms with E-state index in [1.54, 1.807) is 36.4 Å². The molecule has 29 heavy (non-hydrogen) atoms. The van der Waals surface area contributed by atoms with Crippen molar-refractivity contribution in [2.75, 3.05) is 32.8 Å². The van der Waals surface area contributed by atoms with Crippen LogP contribution in [0, 0.1) is 12.8 Å². The highest BCUT2D eigenvalue weighted by molar-refractivity contribution is 5.94. The van der Waals surface area contributed by atoms with Crippen LogP contribution in [-0.4, -0.2) is 69.6 Å². The molecule has 0 saturated carbocycles. The van der Waals surface area contributed by atoms with Gasteiger partial charge in [-0.15, -0.1) is 0 Å². The number of ether oxygens (including phenoxy) is 1. The molecule has 0 aromatic carbocycles. The summed E-state index contributed by atoms with van der Waals surface area (Å²) >= 11 is 0. The summed E-state index contributed by atoms with van der Waals surface area (Å²) in [6.07, 6.45) is 5.33. The van der Waals surface area contributed by atoms with Crippen molar-refractivity contribution < 1.29 is 18.8 Å². The number of nitrogens with zero attached hydrogens (tertiary/aromatic N) is 5. The topological polar surface area (TPSA) is 102 Å². The molecule has 2 aliphatic rings. The zero-order valence-corrected chi connectivity index (χ0v) is 16.5. The lowest BCUT2D eigenvalue weighted by atomic mass is 9.98. The Labute approximate surface area is 169 Å². The minimum Gasteiger partial charge on any atom is -0.381 e. The van der Waals surface area contributed by atoms with Crippen molar-refractivity contribution in [3.05, 3.63) is 41.8 Å². The fraction of sp³-hybridized carbons (Fsp3) is 0.550. The molecule has 2 fully saturated rings. The highest BCUT2D eigenvalue weighted by Gasteiger charge is 2.37. The van der Waals surface area contributed by atoms with Crippen molar-refractivity contribution >= 4 is 11.8 Å². The van der Waals surface area contributed by atoms with Crippen LogP contribution < -0.4 is 0 Å². The van der Waals surface area contributed by atoms with E-state index in [4.69, 9.17) is 9.26 Å². The zero-order chi connectivity index (χ0) is 20.2. The number of amides is 2. The molecule has 4 heterocycles. The molecule has 2 saturated heterocycles. The number of aryl methyl sites for hydroxylation is 1. The van der Waals surface area contributed by atoms with E-state index in [0.717, 1.165) is 12.8 Å². The maximum absolute atomic E-state index is 13.2. The first-order chi connectivity index (χ1) is 14.1. The predicted molar refractivity (Wildman–Crippen MR) is 102 cm³/mol. The predicted octanol–water partition coefficient (Wildman–Crippen LogP) is 1.62. The van der Waals surface area contributed by atoms with E-state index in [2.05, 4.69) is 15.1 Å². The summed E-state index contributed by atoms with van der Waals surface area (Å²) in [5, 5.41) is 3.89. The number of carbonyl (C=O) groups excluding carboxylic acids is 2. The second-order valence-corrected chi connectivity index (χ2v) is 7.46. The number of hydrogen-bond donors (Lipinski definition) is 0. The van der Waals surface area contributed by atoms with Gasteiger partial charge < -0.3 is 19.1 Å². The minimum atomic E-state index is -0.491. The van der Waals surface area contributed by atoms with Crippen LogP contribution in [0.3, 0.4) is 0 Å². The molecule has 1 unspecified atom stereocenters. The molecule has 0 bridgehead atoms. The van der Waals surface area contributed by atoms with Crippen LogP contribution >= 0.6 is 0 Å². The molecule has 2 amide bonds. The van der Waals surface area contributed by atoms with Crippen LogP contribution in [0.2, 0.25) is 0 Å². The van der Waals surface area contributed by atoms with Crippen LogP contribution in [0.5, 0.6) is 0 Å². The molecule has 154 valence electrons. The van der Waals surface area contributed by atoms with Gasteiger partial charge in [0.25, 0.3) is 11.8 Å². The van der Waals surface area contributed by atoms with Gasteiger partial charge in [-0.1, -0.05) is 5.16 Å². The Morgan fingerprint density at radius 1 is 1.21 bits per heavy atom. The molecule has 0 spiro atoms. The summed E-state index contributed by atoms with van der Waals surface area (Å²) in [5.74, 6) is 0.783. The molecule has 4 rings (SSSR count). The van der Waals surface area contributed by atoms with Gasteiger partial charge in [0, 0.05) is 44.6 Å². The lowest BCUT2D eigenvalue weighted by molar-refractivity contribution is -0.138. The Bertz CT molecular complexity index is 850. The first kappa shape index (κ1) is 19.5. The van der Waals surface area contributed by atoms with E-state index in [0.29, 0.717) is 56.5 Å². The minimum absolute atomic E-state index is 0.0330. The summed E-state index contributed by atoms with van der Waals surface area (Å²) in [4.78, 5) is 38.3. The van der Waals surface area contributed by atoms with Crippen LogP contribution in [0.1, 0.15) is 47.4 Å². The Morgan fingerprint density at radius 3 is 2.72 bits per heavy atom. The van der Waals surface area contributed by atoms with Crippen molar-refractivity contribution in [3.8, 4) is 0 Å². The van der Waals surface area contributed by atoms with Gasteiger partial charge in [-0.2, -0.15) is 4.98 Å².